The molecule has 16 heavy (non-hydrogen) atoms. The highest BCUT2D eigenvalue weighted by Gasteiger charge is 2.17. The Morgan fingerprint density at radius 3 is 3.19 bits per heavy atom. The van der Waals surface area contributed by atoms with Crippen molar-refractivity contribution in [1.29, 1.82) is 0 Å². The van der Waals surface area contributed by atoms with E-state index >= 15 is 0 Å². The van der Waals surface area contributed by atoms with Gasteiger partial charge in [0.1, 0.15) is 0 Å². The third-order valence-corrected chi connectivity index (χ3v) is 2.90. The van der Waals surface area contributed by atoms with Crippen molar-refractivity contribution in [1.82, 2.24) is 15.1 Å². The van der Waals surface area contributed by atoms with Crippen LogP contribution in [0.1, 0.15) is 32.4 Å². The second-order valence-electron chi connectivity index (χ2n) is 4.68. The summed E-state index contributed by atoms with van der Waals surface area (Å²) in [5.74, 6) is 0. The smallest absolute Gasteiger partial charge is 0.0771 e. The number of hydrogen-bond donors (Lipinski definition) is 1. The average molecular weight is 223 g/mol. The van der Waals surface area contributed by atoms with E-state index in [1.807, 2.05) is 6.20 Å². The zero-order valence-corrected chi connectivity index (χ0v) is 10.1. The minimum absolute atomic E-state index is 0.359. The molecule has 1 aliphatic rings. The van der Waals surface area contributed by atoms with Gasteiger partial charge in [0, 0.05) is 25.4 Å². The highest BCUT2D eigenvalue weighted by Crippen LogP contribution is 2.14. The summed E-state index contributed by atoms with van der Waals surface area (Å²) in [6.45, 7) is 6.99. The van der Waals surface area contributed by atoms with E-state index in [1.165, 1.54) is 12.1 Å². The Labute approximate surface area is 97.0 Å². The molecule has 0 aromatic carbocycles. The summed E-state index contributed by atoms with van der Waals surface area (Å²) in [5.41, 5.74) is 1.24. The van der Waals surface area contributed by atoms with E-state index in [0.29, 0.717) is 12.1 Å². The number of ether oxygens (including phenoxy) is 1. The van der Waals surface area contributed by atoms with Crippen molar-refractivity contribution < 1.29 is 4.74 Å². The van der Waals surface area contributed by atoms with E-state index in [4.69, 9.17) is 4.74 Å². The molecule has 1 unspecified atom stereocenters. The summed E-state index contributed by atoms with van der Waals surface area (Å²) < 4.78 is 7.69. The van der Waals surface area contributed by atoms with Gasteiger partial charge in [-0.2, -0.15) is 5.10 Å². The second-order valence-corrected chi connectivity index (χ2v) is 4.68. The molecule has 4 heteroatoms. The Kier molecular flexibility index (Phi) is 3.96. The molecule has 1 aromatic heterocycles. The van der Waals surface area contributed by atoms with Crippen LogP contribution in [0.4, 0.5) is 0 Å². The van der Waals surface area contributed by atoms with Gasteiger partial charge >= 0.3 is 0 Å². The maximum absolute atomic E-state index is 5.63. The Hall–Kier alpha value is -0.870. The van der Waals surface area contributed by atoms with Crippen LogP contribution in [0.15, 0.2) is 12.3 Å². The average Bonchev–Trinajstić information content (AvgIpc) is 2.87. The zero-order valence-electron chi connectivity index (χ0n) is 10.1. The number of rotatable bonds is 5. The van der Waals surface area contributed by atoms with Crippen LogP contribution < -0.4 is 5.32 Å². The van der Waals surface area contributed by atoms with Gasteiger partial charge in [0.15, 0.2) is 0 Å². The molecule has 2 heterocycles. The van der Waals surface area contributed by atoms with E-state index in [9.17, 15) is 0 Å². The molecular formula is C12H21N3O. The fraction of sp³-hybridized carbons (Fsp3) is 0.750. The molecule has 0 amide bonds. The van der Waals surface area contributed by atoms with Gasteiger partial charge in [-0.05, 0) is 18.9 Å². The van der Waals surface area contributed by atoms with Crippen LogP contribution >= 0.6 is 0 Å². The monoisotopic (exact) mass is 223 g/mol. The fourth-order valence-corrected chi connectivity index (χ4v) is 1.96. The molecule has 4 nitrogen and oxygen atoms in total. The summed E-state index contributed by atoms with van der Waals surface area (Å²) in [6.07, 6.45) is 4.58. The van der Waals surface area contributed by atoms with Crippen LogP contribution in [-0.4, -0.2) is 28.5 Å². The van der Waals surface area contributed by atoms with Gasteiger partial charge in [0.2, 0.25) is 0 Å². The van der Waals surface area contributed by atoms with Crippen molar-refractivity contribution in [3.63, 3.8) is 0 Å². The van der Waals surface area contributed by atoms with Crippen molar-refractivity contribution in [3.8, 4) is 0 Å². The highest BCUT2D eigenvalue weighted by atomic mass is 16.5. The lowest BCUT2D eigenvalue weighted by Gasteiger charge is -2.14. The minimum Gasteiger partial charge on any atom is -0.376 e. The van der Waals surface area contributed by atoms with Crippen LogP contribution in [0.3, 0.4) is 0 Å². The molecule has 0 aliphatic carbocycles. The van der Waals surface area contributed by atoms with Crippen molar-refractivity contribution in [3.05, 3.63) is 18.0 Å². The number of aromatic nitrogens is 2. The zero-order chi connectivity index (χ0) is 11.4. The van der Waals surface area contributed by atoms with Crippen LogP contribution in [0.2, 0.25) is 0 Å². The van der Waals surface area contributed by atoms with Gasteiger partial charge in [-0.3, -0.25) is 4.68 Å². The predicted octanol–water partition coefficient (Wildman–Crippen LogP) is 1.56. The quantitative estimate of drug-likeness (QED) is 0.823. The summed E-state index contributed by atoms with van der Waals surface area (Å²) in [4.78, 5) is 0. The van der Waals surface area contributed by atoms with Crippen molar-refractivity contribution in [2.75, 3.05) is 6.61 Å². The molecule has 0 saturated carbocycles. The first-order chi connectivity index (χ1) is 7.75. The summed E-state index contributed by atoms with van der Waals surface area (Å²) >= 11 is 0. The number of hydrogen-bond acceptors (Lipinski definition) is 3. The number of nitrogens with zero attached hydrogens (tertiary/aromatic N) is 2. The lowest BCUT2D eigenvalue weighted by Crippen LogP contribution is -2.25. The third-order valence-electron chi connectivity index (χ3n) is 2.90. The maximum Gasteiger partial charge on any atom is 0.0771 e. The highest BCUT2D eigenvalue weighted by molar-refractivity contribution is 5.00. The van der Waals surface area contributed by atoms with Gasteiger partial charge in [0.05, 0.1) is 18.3 Å². The lowest BCUT2D eigenvalue weighted by molar-refractivity contribution is 0.0931. The number of nitrogens with one attached hydrogen (secondary N) is 1. The van der Waals surface area contributed by atoms with Crippen LogP contribution in [0, 0.1) is 0 Å². The van der Waals surface area contributed by atoms with Crippen molar-refractivity contribution in [2.45, 2.75) is 51.9 Å². The van der Waals surface area contributed by atoms with Crippen molar-refractivity contribution >= 4 is 0 Å². The van der Waals surface area contributed by atoms with Crippen LogP contribution in [0.25, 0.3) is 0 Å². The lowest BCUT2D eigenvalue weighted by atomic mass is 10.2. The Morgan fingerprint density at radius 2 is 2.50 bits per heavy atom. The van der Waals surface area contributed by atoms with E-state index < -0.39 is 0 Å². The van der Waals surface area contributed by atoms with Crippen LogP contribution in [-0.2, 0) is 17.8 Å². The Morgan fingerprint density at radius 1 is 1.62 bits per heavy atom. The predicted molar refractivity (Wildman–Crippen MR) is 63.2 cm³/mol. The maximum atomic E-state index is 5.63. The fourth-order valence-electron chi connectivity index (χ4n) is 1.96. The van der Waals surface area contributed by atoms with Gasteiger partial charge in [0.25, 0.3) is 0 Å². The van der Waals surface area contributed by atoms with E-state index in [0.717, 1.165) is 26.1 Å². The standard InChI is InChI=1S/C12H21N3O/c1-10(2)13-8-11-5-6-14-15(11)9-12-4-3-7-16-12/h5-6,10,12-13H,3-4,7-9H2,1-2H3. The molecule has 1 aliphatic heterocycles. The third kappa shape index (κ3) is 3.06. The molecule has 2 rings (SSSR count). The molecule has 1 N–H and O–H groups in total. The molecule has 1 fully saturated rings. The SMILES string of the molecule is CC(C)NCc1ccnn1CC1CCCO1. The summed E-state index contributed by atoms with van der Waals surface area (Å²) in [5, 5.41) is 7.77. The summed E-state index contributed by atoms with van der Waals surface area (Å²) in [6, 6.07) is 2.58. The second kappa shape index (κ2) is 5.46. The Bertz CT molecular complexity index is 316. The van der Waals surface area contributed by atoms with Crippen LogP contribution in [0.5, 0.6) is 0 Å². The van der Waals surface area contributed by atoms with E-state index in [1.54, 1.807) is 0 Å². The largest absolute Gasteiger partial charge is 0.376 e. The van der Waals surface area contributed by atoms with Gasteiger partial charge in [-0.15, -0.1) is 0 Å². The molecule has 0 spiro atoms. The first-order valence-electron chi connectivity index (χ1n) is 6.11. The van der Waals surface area contributed by atoms with Gasteiger partial charge in [-0.25, -0.2) is 0 Å². The topological polar surface area (TPSA) is 39.1 Å². The molecule has 0 radical (unpaired) electrons. The molecule has 1 aromatic rings. The molecule has 1 saturated heterocycles. The molecule has 1 atom stereocenters. The summed E-state index contributed by atoms with van der Waals surface area (Å²) in [7, 11) is 0. The molecule has 90 valence electrons. The Balaban J connectivity index is 1.90. The first-order valence-corrected chi connectivity index (χ1v) is 6.11. The van der Waals surface area contributed by atoms with E-state index in [2.05, 4.69) is 35.0 Å². The van der Waals surface area contributed by atoms with Crippen molar-refractivity contribution in [2.24, 2.45) is 0 Å². The normalized spacial score (nSPS) is 20.8. The molecule has 0 bridgehead atoms. The van der Waals surface area contributed by atoms with E-state index in [-0.39, 0.29) is 0 Å². The first kappa shape index (κ1) is 11.6. The minimum atomic E-state index is 0.359. The van der Waals surface area contributed by atoms with Gasteiger partial charge in [-0.1, -0.05) is 13.8 Å². The van der Waals surface area contributed by atoms with Gasteiger partial charge < -0.3 is 10.1 Å². The molecular weight excluding hydrogens is 202 g/mol.